The molecule has 14 heteroatoms. The Morgan fingerprint density at radius 1 is 1.27 bits per heavy atom. The summed E-state index contributed by atoms with van der Waals surface area (Å²) in [6.45, 7) is 2.29. The quantitative estimate of drug-likeness (QED) is 0.264. The van der Waals surface area contributed by atoms with E-state index in [9.17, 15) is 29.2 Å². The summed E-state index contributed by atoms with van der Waals surface area (Å²) in [6.07, 6.45) is 2.70. The maximum Gasteiger partial charge on any atom is 0.270 e. The first-order valence-corrected chi connectivity index (χ1v) is 13.1. The van der Waals surface area contributed by atoms with Crippen LogP contribution < -0.4 is 5.49 Å². The summed E-state index contributed by atoms with van der Waals surface area (Å²) in [4.78, 5) is 48.1. The second-order valence-corrected chi connectivity index (χ2v) is 10.4. The topological polar surface area (TPSA) is 148 Å². The minimum Gasteiger partial charge on any atom is -0.757 e. The maximum absolute atomic E-state index is 14.5. The highest BCUT2D eigenvalue weighted by Crippen LogP contribution is 2.34. The fraction of sp³-hybridized carbons (Fsp3) is 0.308. The van der Waals surface area contributed by atoms with Crippen LogP contribution in [0.3, 0.4) is 0 Å². The van der Waals surface area contributed by atoms with Crippen LogP contribution in [-0.2, 0) is 21.8 Å². The lowest BCUT2D eigenvalue weighted by Gasteiger charge is -2.44. The van der Waals surface area contributed by atoms with Gasteiger partial charge in [-0.3, -0.25) is 24.1 Å². The molecule has 1 unspecified atom stereocenters. The molecule has 0 saturated carbocycles. The lowest BCUT2D eigenvalue weighted by atomic mass is 9.98. The van der Waals surface area contributed by atoms with Crippen molar-refractivity contribution in [3.63, 3.8) is 0 Å². The van der Waals surface area contributed by atoms with Crippen LogP contribution in [0, 0.1) is 5.21 Å². The maximum atomic E-state index is 14.5. The van der Waals surface area contributed by atoms with Crippen molar-refractivity contribution < 1.29 is 24.0 Å². The number of allylic oxidation sites excluding steroid dienone is 1. The molecule has 12 nitrogen and oxygen atoms in total. The fourth-order valence-electron chi connectivity index (χ4n) is 4.81. The Labute approximate surface area is 235 Å². The second kappa shape index (κ2) is 10.4. The lowest BCUT2D eigenvalue weighted by molar-refractivity contribution is -0.138. The van der Waals surface area contributed by atoms with E-state index in [0.29, 0.717) is 26.3 Å². The van der Waals surface area contributed by atoms with Gasteiger partial charge in [-0.2, -0.15) is 14.8 Å². The predicted molar refractivity (Wildman–Crippen MR) is 145 cm³/mol. The Bertz CT molecular complexity index is 1660. The van der Waals surface area contributed by atoms with Crippen LogP contribution in [0.4, 0.5) is 4.39 Å². The Hall–Kier alpha value is -4.17. The smallest absolute Gasteiger partial charge is 0.270 e. The molecule has 0 spiro atoms. The van der Waals surface area contributed by atoms with Gasteiger partial charge in [0.2, 0.25) is 5.91 Å². The van der Waals surface area contributed by atoms with Crippen molar-refractivity contribution in [1.29, 1.82) is 0 Å². The van der Waals surface area contributed by atoms with Crippen LogP contribution in [0.5, 0.6) is 0 Å². The number of aromatic nitrogens is 3. The van der Waals surface area contributed by atoms with E-state index in [4.69, 9.17) is 0 Å². The number of rotatable bonds is 5. The van der Waals surface area contributed by atoms with Crippen molar-refractivity contribution in [3.8, 4) is 0 Å². The lowest BCUT2D eigenvalue weighted by Crippen LogP contribution is -2.42. The zero-order valence-electron chi connectivity index (χ0n) is 21.4. The molecule has 1 aromatic carbocycles. The Kier molecular flexibility index (Phi) is 7.14. The van der Waals surface area contributed by atoms with Gasteiger partial charge >= 0.3 is 0 Å². The first-order valence-electron chi connectivity index (χ1n) is 12.3. The van der Waals surface area contributed by atoms with Gasteiger partial charge in [0.25, 0.3) is 5.91 Å². The van der Waals surface area contributed by atoms with Crippen molar-refractivity contribution in [2.45, 2.75) is 44.7 Å². The normalized spacial score (nSPS) is 22.9. The first-order chi connectivity index (χ1) is 19.0. The van der Waals surface area contributed by atoms with Crippen LogP contribution in [0.2, 0.25) is 0 Å². The van der Waals surface area contributed by atoms with E-state index < -0.39 is 29.7 Å². The molecular weight excluding hydrogens is 589 g/mol. The molecule has 1 saturated heterocycles. The van der Waals surface area contributed by atoms with Gasteiger partial charge in [0.1, 0.15) is 34.7 Å². The van der Waals surface area contributed by atoms with Crippen molar-refractivity contribution in [2.24, 2.45) is 9.98 Å². The average Bonchev–Trinajstić information content (AvgIpc) is 3.49. The summed E-state index contributed by atoms with van der Waals surface area (Å²) in [7, 11) is 0. The van der Waals surface area contributed by atoms with Gasteiger partial charge in [0.05, 0.1) is 12.1 Å². The third-order valence-corrected chi connectivity index (χ3v) is 7.56. The average molecular weight is 613 g/mol. The van der Waals surface area contributed by atoms with Gasteiger partial charge in [-0.15, -0.1) is 0 Å². The number of nitrogens with zero attached hydrogens (tertiary/aromatic N) is 7. The number of hydrogen-bond donors (Lipinski definition) is 1. The number of alkyl halides is 1. The first kappa shape index (κ1) is 27.4. The molecule has 208 valence electrons. The number of amides is 2. The zero-order chi connectivity index (χ0) is 28.8. The number of benzene rings is 1. The number of Topliss-reactive ketones (excluding diaryl/α,β-unsaturated/α-hetero) is 1. The Morgan fingerprint density at radius 3 is 2.77 bits per heavy atom. The highest BCUT2D eigenvalue weighted by Gasteiger charge is 2.40. The van der Waals surface area contributed by atoms with Crippen molar-refractivity contribution in [2.75, 3.05) is 6.54 Å². The van der Waals surface area contributed by atoms with E-state index in [1.165, 1.54) is 42.2 Å². The number of halogens is 2. The molecule has 2 aliphatic heterocycles. The molecule has 1 N–H and O–H groups in total. The summed E-state index contributed by atoms with van der Waals surface area (Å²) in [5.74, 6) is -1.73. The van der Waals surface area contributed by atoms with Crippen LogP contribution in [0.25, 0.3) is 10.9 Å². The summed E-state index contributed by atoms with van der Waals surface area (Å²) >= 11 is 3.12. The molecule has 40 heavy (non-hydrogen) atoms. The van der Waals surface area contributed by atoms with Crippen LogP contribution >= 0.6 is 15.9 Å². The number of carbonyl (C=O) groups is 3. The van der Waals surface area contributed by atoms with E-state index in [0.717, 1.165) is 4.90 Å². The number of likely N-dealkylation sites (tertiary alicyclic amines) is 1. The number of fused-ring (bicyclic) bond motifs is 1. The number of pyridine rings is 1. The van der Waals surface area contributed by atoms with E-state index >= 15 is 0 Å². The summed E-state index contributed by atoms with van der Waals surface area (Å²) in [5, 5.41) is 28.1. The third-order valence-electron chi connectivity index (χ3n) is 6.96. The van der Waals surface area contributed by atoms with Gasteiger partial charge in [0, 0.05) is 24.9 Å². The van der Waals surface area contributed by atoms with Gasteiger partial charge in [-0.1, -0.05) is 12.1 Å². The minimum atomic E-state index is -1.44. The molecule has 0 aliphatic carbocycles. The van der Waals surface area contributed by atoms with Crippen molar-refractivity contribution >= 4 is 50.6 Å². The molecular formula is C26H24BrFN7O5-. The second-order valence-electron chi connectivity index (χ2n) is 9.62. The van der Waals surface area contributed by atoms with E-state index in [-0.39, 0.29) is 41.1 Å². The Balaban J connectivity index is 1.46. The van der Waals surface area contributed by atoms with Crippen LogP contribution in [-0.4, -0.2) is 72.3 Å². The summed E-state index contributed by atoms with van der Waals surface area (Å²) in [5.41, 5.74) is -0.283. The molecule has 2 aliphatic rings. The zero-order valence-corrected chi connectivity index (χ0v) is 23.0. The van der Waals surface area contributed by atoms with Gasteiger partial charge < -0.3 is 20.4 Å². The predicted octanol–water partition coefficient (Wildman–Crippen LogP) is 2.68. The summed E-state index contributed by atoms with van der Waals surface area (Å²) in [6, 6.07) is 8.26. The molecule has 0 bridgehead atoms. The monoisotopic (exact) mass is 612 g/mol. The molecule has 2 aromatic heterocycles. The Morgan fingerprint density at radius 2 is 2.05 bits per heavy atom. The molecule has 4 heterocycles. The molecule has 0 radical (unpaired) electrons. The highest BCUT2D eigenvalue weighted by atomic mass is 79.9. The molecule has 5 rings (SSSR count). The van der Waals surface area contributed by atoms with E-state index in [1.54, 1.807) is 31.2 Å². The standard InChI is InChI=1S/C26H24BrFN7O5/c1-15(36)24-18-11-16(26(2)29-9-4-10-34(26)39)7-8-19(18)33(31-24)14-23(37)32-13-17(28)12-20(32)25(38)30-22-6-3-5-21(27)35(22)40/h3-11,17,20,40H,12-14H2,1-2H3/q-1/t17-,20+,26?/m1/s1. The van der Waals surface area contributed by atoms with Gasteiger partial charge in [0.15, 0.2) is 11.3 Å². The van der Waals surface area contributed by atoms with Gasteiger partial charge in [-0.05, 0) is 65.0 Å². The van der Waals surface area contributed by atoms with Crippen molar-refractivity contribution in [3.05, 3.63) is 75.2 Å². The minimum absolute atomic E-state index is 0.0859. The van der Waals surface area contributed by atoms with Crippen molar-refractivity contribution in [1.82, 2.24) is 24.5 Å². The largest absolute Gasteiger partial charge is 0.757 e. The number of hydrogen-bond acceptors (Lipinski definition) is 8. The fourth-order valence-corrected chi connectivity index (χ4v) is 5.15. The SMILES string of the molecule is CC(=O)c1nn(CC(=O)N2C[C@H](F)C[C@H]2C(=O)N=c2cccc(Br)n2O)c2ccc(C3(C)N=CC=CN3[O-])cc12. The number of ketones is 1. The number of aliphatic imine (C=N–C) groups is 1. The number of hydroxylamine groups is 2. The third kappa shape index (κ3) is 4.84. The van der Waals surface area contributed by atoms with Gasteiger partial charge in [-0.25, -0.2) is 4.39 Å². The van der Waals surface area contributed by atoms with Crippen LogP contribution in [0.1, 0.15) is 36.3 Å². The van der Waals surface area contributed by atoms with E-state index in [1.807, 2.05) is 0 Å². The molecule has 3 aromatic rings. The number of carbonyl (C=O) groups excluding carboxylic acids is 3. The molecule has 3 atom stereocenters. The van der Waals surface area contributed by atoms with Crippen LogP contribution in [0.15, 0.2) is 63.3 Å². The van der Waals surface area contributed by atoms with E-state index in [2.05, 4.69) is 31.0 Å². The highest BCUT2D eigenvalue weighted by molar-refractivity contribution is 9.10. The summed E-state index contributed by atoms with van der Waals surface area (Å²) < 4.78 is 16.7. The molecule has 2 amide bonds. The molecule has 1 fully saturated rings.